The molecule has 0 fully saturated rings. The lowest BCUT2D eigenvalue weighted by Crippen LogP contribution is -2.04. The molecular weight excluding hydrogens is 237 g/mol. The number of nitrogens with zero attached hydrogens (tertiary/aromatic N) is 1. The monoisotopic (exact) mass is 251 g/mol. The van der Waals surface area contributed by atoms with Crippen LogP contribution in [0.25, 0.3) is 0 Å². The van der Waals surface area contributed by atoms with E-state index in [2.05, 4.69) is 10.3 Å². The Morgan fingerprint density at radius 2 is 2.18 bits per heavy atom. The number of nitrogen functional groups attached to an aromatic ring is 1. The molecule has 3 N–H and O–H groups in total. The Morgan fingerprint density at radius 3 is 2.82 bits per heavy atom. The van der Waals surface area contributed by atoms with Gasteiger partial charge in [-0.05, 0) is 31.5 Å². The number of halogens is 1. The van der Waals surface area contributed by atoms with Gasteiger partial charge in [-0.2, -0.15) is 0 Å². The van der Waals surface area contributed by atoms with Crippen LogP contribution in [0.3, 0.4) is 0 Å². The van der Waals surface area contributed by atoms with Crippen molar-refractivity contribution in [1.82, 2.24) is 4.98 Å². The van der Waals surface area contributed by atoms with E-state index in [1.807, 2.05) is 12.3 Å². The molecule has 2 rings (SSSR count). The molecule has 17 heavy (non-hydrogen) atoms. The molecule has 0 atom stereocenters. The third-order valence-electron chi connectivity index (χ3n) is 2.46. The summed E-state index contributed by atoms with van der Waals surface area (Å²) in [5.74, 6) is -0.280. The van der Waals surface area contributed by atoms with E-state index in [0.29, 0.717) is 17.8 Å². The van der Waals surface area contributed by atoms with Crippen LogP contribution in [0.5, 0.6) is 0 Å². The van der Waals surface area contributed by atoms with E-state index in [4.69, 9.17) is 5.73 Å². The summed E-state index contributed by atoms with van der Waals surface area (Å²) in [5.41, 5.74) is 8.45. The molecule has 0 bridgehead atoms. The number of hydrogen-bond acceptors (Lipinski definition) is 4. The maximum Gasteiger partial charge on any atom is 0.128 e. The number of anilines is 2. The lowest BCUT2D eigenvalue weighted by atomic mass is 10.2. The van der Waals surface area contributed by atoms with E-state index in [1.54, 1.807) is 24.3 Å². The number of aryl methyl sites for hydroxylation is 2. The van der Waals surface area contributed by atoms with Gasteiger partial charge in [-0.25, -0.2) is 9.37 Å². The van der Waals surface area contributed by atoms with Gasteiger partial charge in [-0.1, -0.05) is 0 Å². The van der Waals surface area contributed by atoms with Crippen molar-refractivity contribution in [2.75, 3.05) is 11.1 Å². The van der Waals surface area contributed by atoms with Crippen molar-refractivity contribution in [2.24, 2.45) is 0 Å². The Kier molecular flexibility index (Phi) is 3.28. The highest BCUT2D eigenvalue weighted by Gasteiger charge is 2.05. The second kappa shape index (κ2) is 4.71. The molecular formula is C12H14FN3S. The molecule has 3 nitrogen and oxygen atoms in total. The Hall–Kier alpha value is -1.62. The molecule has 0 spiro atoms. The molecule has 0 aliphatic heterocycles. The van der Waals surface area contributed by atoms with E-state index in [1.165, 1.54) is 6.07 Å². The van der Waals surface area contributed by atoms with Gasteiger partial charge < -0.3 is 11.1 Å². The number of hydrogen-bond donors (Lipinski definition) is 2. The fourth-order valence-corrected chi connectivity index (χ4v) is 2.14. The molecule has 5 heteroatoms. The lowest BCUT2D eigenvalue weighted by Gasteiger charge is -2.09. The first-order valence-electron chi connectivity index (χ1n) is 5.27. The highest BCUT2D eigenvalue weighted by atomic mass is 32.1. The first-order chi connectivity index (χ1) is 8.06. The van der Waals surface area contributed by atoms with Gasteiger partial charge in [0.15, 0.2) is 0 Å². The molecule has 0 radical (unpaired) electrons. The quantitative estimate of drug-likeness (QED) is 0.824. The summed E-state index contributed by atoms with van der Waals surface area (Å²) in [6.45, 7) is 4.27. The Balaban J connectivity index is 2.11. The van der Waals surface area contributed by atoms with E-state index in [9.17, 15) is 4.39 Å². The predicted octanol–water partition coefficient (Wildman–Crippen LogP) is 3.09. The smallest absolute Gasteiger partial charge is 0.128 e. The zero-order chi connectivity index (χ0) is 12.4. The Bertz CT molecular complexity index is 537. The van der Waals surface area contributed by atoms with Crippen molar-refractivity contribution in [3.05, 3.63) is 39.6 Å². The third-order valence-corrected chi connectivity index (χ3v) is 3.28. The highest BCUT2D eigenvalue weighted by molar-refractivity contribution is 7.09. The van der Waals surface area contributed by atoms with Crippen LogP contribution < -0.4 is 11.1 Å². The average molecular weight is 251 g/mol. The fraction of sp³-hybridized carbons (Fsp3) is 0.250. The largest absolute Gasteiger partial charge is 0.397 e. The summed E-state index contributed by atoms with van der Waals surface area (Å²) in [6.07, 6.45) is 0. The van der Waals surface area contributed by atoms with E-state index >= 15 is 0 Å². The average Bonchev–Trinajstić information content (AvgIpc) is 2.68. The van der Waals surface area contributed by atoms with Crippen molar-refractivity contribution in [1.29, 1.82) is 0 Å². The van der Waals surface area contributed by atoms with Crippen LogP contribution in [-0.2, 0) is 6.54 Å². The molecule has 90 valence electrons. The summed E-state index contributed by atoms with van der Waals surface area (Å²) >= 11 is 1.61. The minimum atomic E-state index is -0.280. The van der Waals surface area contributed by atoms with Crippen LogP contribution in [-0.4, -0.2) is 4.98 Å². The lowest BCUT2D eigenvalue weighted by molar-refractivity contribution is 0.619. The number of nitrogens with two attached hydrogens (primary N) is 1. The summed E-state index contributed by atoms with van der Waals surface area (Å²) < 4.78 is 13.2. The van der Waals surface area contributed by atoms with Crippen molar-refractivity contribution in [3.63, 3.8) is 0 Å². The van der Waals surface area contributed by atoms with Crippen LogP contribution in [0.15, 0.2) is 17.5 Å². The van der Waals surface area contributed by atoms with Crippen LogP contribution >= 0.6 is 11.3 Å². The molecule has 0 unspecified atom stereocenters. The number of aromatic nitrogens is 1. The second-order valence-corrected chi connectivity index (χ2v) is 4.96. The topological polar surface area (TPSA) is 50.9 Å². The minimum absolute atomic E-state index is 0.280. The zero-order valence-electron chi connectivity index (χ0n) is 9.75. The fourth-order valence-electron chi connectivity index (χ4n) is 1.53. The van der Waals surface area contributed by atoms with Crippen molar-refractivity contribution in [2.45, 2.75) is 20.4 Å². The van der Waals surface area contributed by atoms with Gasteiger partial charge in [-0.3, -0.25) is 0 Å². The summed E-state index contributed by atoms with van der Waals surface area (Å²) in [6, 6.07) is 3.05. The molecule has 1 aromatic carbocycles. The van der Waals surface area contributed by atoms with Gasteiger partial charge in [0.1, 0.15) is 5.82 Å². The third kappa shape index (κ3) is 2.74. The standard InChI is InChI=1S/C12H14FN3S/c1-7-3-12(11(14)4-10(7)13)15-5-9-6-17-8(2)16-9/h3-4,6,15H,5,14H2,1-2H3. The molecule has 0 saturated carbocycles. The normalized spacial score (nSPS) is 10.5. The number of benzene rings is 1. The SMILES string of the molecule is Cc1nc(CNc2cc(C)c(F)cc2N)cs1. The highest BCUT2D eigenvalue weighted by Crippen LogP contribution is 2.23. The summed E-state index contributed by atoms with van der Waals surface area (Å²) in [7, 11) is 0. The van der Waals surface area contributed by atoms with Gasteiger partial charge in [0.05, 0.1) is 28.6 Å². The maximum absolute atomic E-state index is 13.2. The predicted molar refractivity (Wildman–Crippen MR) is 69.7 cm³/mol. The van der Waals surface area contributed by atoms with Crippen molar-refractivity contribution < 1.29 is 4.39 Å². The molecule has 0 saturated heterocycles. The Morgan fingerprint density at radius 1 is 1.41 bits per heavy atom. The van der Waals surface area contributed by atoms with Gasteiger partial charge in [0.2, 0.25) is 0 Å². The van der Waals surface area contributed by atoms with Crippen molar-refractivity contribution >= 4 is 22.7 Å². The number of rotatable bonds is 3. The molecule has 0 aliphatic carbocycles. The zero-order valence-corrected chi connectivity index (χ0v) is 10.6. The van der Waals surface area contributed by atoms with Crippen LogP contribution in [0.1, 0.15) is 16.3 Å². The minimum Gasteiger partial charge on any atom is -0.397 e. The number of thiazole rings is 1. The molecule has 1 heterocycles. The molecule has 2 aromatic rings. The van der Waals surface area contributed by atoms with Crippen LogP contribution in [0, 0.1) is 19.7 Å². The van der Waals surface area contributed by atoms with E-state index in [-0.39, 0.29) is 5.82 Å². The first kappa shape index (κ1) is 11.9. The van der Waals surface area contributed by atoms with Gasteiger partial charge in [-0.15, -0.1) is 11.3 Å². The van der Waals surface area contributed by atoms with E-state index < -0.39 is 0 Å². The number of nitrogens with one attached hydrogen (secondary N) is 1. The summed E-state index contributed by atoms with van der Waals surface area (Å²) in [4.78, 5) is 4.34. The van der Waals surface area contributed by atoms with Gasteiger partial charge >= 0.3 is 0 Å². The first-order valence-corrected chi connectivity index (χ1v) is 6.14. The van der Waals surface area contributed by atoms with Crippen LogP contribution in [0.4, 0.5) is 15.8 Å². The second-order valence-electron chi connectivity index (χ2n) is 3.90. The van der Waals surface area contributed by atoms with E-state index in [0.717, 1.165) is 16.4 Å². The maximum atomic E-state index is 13.2. The van der Waals surface area contributed by atoms with Gasteiger partial charge in [0.25, 0.3) is 0 Å². The van der Waals surface area contributed by atoms with Gasteiger partial charge in [0, 0.05) is 5.38 Å². The Labute approximate surface area is 103 Å². The van der Waals surface area contributed by atoms with Crippen LogP contribution in [0.2, 0.25) is 0 Å². The molecule has 0 aliphatic rings. The molecule has 1 aromatic heterocycles. The summed E-state index contributed by atoms with van der Waals surface area (Å²) in [5, 5.41) is 6.19. The van der Waals surface area contributed by atoms with Crippen molar-refractivity contribution in [3.8, 4) is 0 Å². The molecule has 0 amide bonds.